The van der Waals surface area contributed by atoms with Crippen LogP contribution in [0.3, 0.4) is 0 Å². The summed E-state index contributed by atoms with van der Waals surface area (Å²) < 4.78 is 24.9. The lowest BCUT2D eigenvalue weighted by Gasteiger charge is -2.19. The monoisotopic (exact) mass is 340 g/mol. The summed E-state index contributed by atoms with van der Waals surface area (Å²) in [6.45, 7) is 0. The molecule has 0 saturated carbocycles. The van der Waals surface area contributed by atoms with E-state index in [1.54, 1.807) is 42.5 Å². The third-order valence-electron chi connectivity index (χ3n) is 3.90. The first-order chi connectivity index (χ1) is 11.5. The molecule has 0 radical (unpaired) electrons. The van der Waals surface area contributed by atoms with E-state index in [0.717, 1.165) is 5.41 Å². The topological polar surface area (TPSA) is 99.3 Å². The zero-order chi connectivity index (χ0) is 16.9. The van der Waals surface area contributed by atoms with Gasteiger partial charge in [-0.05, 0) is 24.3 Å². The van der Waals surface area contributed by atoms with Crippen molar-refractivity contribution in [3.05, 3.63) is 69.9 Å². The van der Waals surface area contributed by atoms with Crippen LogP contribution in [0.5, 0.6) is 5.75 Å². The number of para-hydroxylation sites is 2. The number of aromatic hydroxyl groups is 1. The van der Waals surface area contributed by atoms with Gasteiger partial charge < -0.3 is 15.4 Å². The quantitative estimate of drug-likeness (QED) is 0.632. The number of fused-ring (bicyclic) bond motifs is 2. The third kappa shape index (κ3) is 2.10. The summed E-state index contributed by atoms with van der Waals surface area (Å²) in [4.78, 5) is 15.2. The minimum absolute atomic E-state index is 0.0400. The van der Waals surface area contributed by atoms with Crippen LogP contribution in [0.15, 0.2) is 63.6 Å². The molecule has 0 atom stereocenters. The van der Waals surface area contributed by atoms with E-state index in [-0.39, 0.29) is 21.9 Å². The van der Waals surface area contributed by atoms with Crippen LogP contribution in [0.4, 0.5) is 5.69 Å². The average molecular weight is 340 g/mol. The molecule has 1 aromatic heterocycles. The summed E-state index contributed by atoms with van der Waals surface area (Å²) >= 11 is 0. The lowest BCUT2D eigenvalue weighted by atomic mass is 10.1. The number of sulfone groups is 1. The number of nitrogens with one attached hydrogen (secondary N) is 2. The molecule has 0 spiro atoms. The Labute approximate surface area is 137 Å². The van der Waals surface area contributed by atoms with E-state index in [2.05, 4.69) is 10.3 Å². The molecule has 1 aliphatic rings. The molecule has 0 saturated heterocycles. The van der Waals surface area contributed by atoms with Gasteiger partial charge in [0.25, 0.3) is 5.56 Å². The molecular formula is C17H12N2O4S. The number of pyridine rings is 1. The highest BCUT2D eigenvalue weighted by Crippen LogP contribution is 2.36. The molecule has 0 aliphatic carbocycles. The number of H-pyrrole nitrogens is 1. The second-order valence-corrected chi connectivity index (χ2v) is 7.19. The molecular weight excluding hydrogens is 328 g/mol. The predicted molar refractivity (Wildman–Crippen MR) is 91.5 cm³/mol. The summed E-state index contributed by atoms with van der Waals surface area (Å²) in [7, 11) is -3.71. The van der Waals surface area contributed by atoms with Crippen molar-refractivity contribution >= 4 is 32.1 Å². The molecule has 24 heavy (non-hydrogen) atoms. The highest BCUT2D eigenvalue weighted by atomic mass is 32.2. The first kappa shape index (κ1) is 14.5. The maximum Gasteiger partial charge on any atom is 0.261 e. The number of anilines is 1. The van der Waals surface area contributed by atoms with Crippen molar-refractivity contribution in [2.45, 2.75) is 4.90 Å². The SMILES string of the molecule is O=c1[nH]c2ccccc2c(O)c1C1=CS(=O)(=O)c2ccccc2N1. The molecule has 2 heterocycles. The van der Waals surface area contributed by atoms with Gasteiger partial charge in [-0.3, -0.25) is 4.79 Å². The highest BCUT2D eigenvalue weighted by molar-refractivity contribution is 7.94. The van der Waals surface area contributed by atoms with Crippen molar-refractivity contribution in [2.75, 3.05) is 5.32 Å². The largest absolute Gasteiger partial charge is 0.506 e. The van der Waals surface area contributed by atoms with Crippen molar-refractivity contribution in [1.82, 2.24) is 4.98 Å². The van der Waals surface area contributed by atoms with Crippen LogP contribution in [-0.4, -0.2) is 18.5 Å². The fourth-order valence-electron chi connectivity index (χ4n) is 2.81. The molecule has 0 unspecified atom stereocenters. The smallest absolute Gasteiger partial charge is 0.261 e. The van der Waals surface area contributed by atoms with Gasteiger partial charge in [0.15, 0.2) is 0 Å². The number of hydrogen-bond donors (Lipinski definition) is 3. The summed E-state index contributed by atoms with van der Waals surface area (Å²) in [5, 5.41) is 14.8. The minimum Gasteiger partial charge on any atom is -0.506 e. The second kappa shape index (κ2) is 4.97. The average Bonchev–Trinajstić information content (AvgIpc) is 2.54. The Morgan fingerprint density at radius 1 is 0.958 bits per heavy atom. The molecule has 0 amide bonds. The maximum atomic E-state index is 12.4. The molecule has 0 fully saturated rings. The van der Waals surface area contributed by atoms with Crippen molar-refractivity contribution in [2.24, 2.45) is 0 Å². The third-order valence-corrected chi connectivity index (χ3v) is 5.41. The maximum absolute atomic E-state index is 12.4. The summed E-state index contributed by atoms with van der Waals surface area (Å²) in [5.41, 5.74) is 0.204. The van der Waals surface area contributed by atoms with Crippen LogP contribution in [0, 0.1) is 0 Å². The Hall–Kier alpha value is -3.06. The van der Waals surface area contributed by atoms with E-state index < -0.39 is 15.4 Å². The summed E-state index contributed by atoms with van der Waals surface area (Å²) in [6, 6.07) is 13.2. The first-order valence-electron chi connectivity index (χ1n) is 7.14. The van der Waals surface area contributed by atoms with Gasteiger partial charge in [0, 0.05) is 5.39 Å². The lowest BCUT2D eigenvalue weighted by molar-refractivity contribution is 0.478. The summed E-state index contributed by atoms with van der Waals surface area (Å²) in [6.07, 6.45) is 0. The van der Waals surface area contributed by atoms with E-state index >= 15 is 0 Å². The predicted octanol–water partition coefficient (Wildman–Crippen LogP) is 2.43. The Kier molecular flexibility index (Phi) is 3.01. The Bertz CT molecular complexity index is 1180. The van der Waals surface area contributed by atoms with Crippen LogP contribution in [0.1, 0.15) is 5.56 Å². The van der Waals surface area contributed by atoms with Crippen molar-refractivity contribution in [3.63, 3.8) is 0 Å². The Morgan fingerprint density at radius 3 is 2.50 bits per heavy atom. The van der Waals surface area contributed by atoms with Gasteiger partial charge >= 0.3 is 0 Å². The number of hydrogen-bond acceptors (Lipinski definition) is 5. The van der Waals surface area contributed by atoms with Crippen LogP contribution in [0.2, 0.25) is 0 Å². The lowest BCUT2D eigenvalue weighted by Crippen LogP contribution is -2.19. The van der Waals surface area contributed by atoms with Crippen molar-refractivity contribution in [3.8, 4) is 5.75 Å². The normalized spacial score (nSPS) is 15.4. The van der Waals surface area contributed by atoms with E-state index in [1.807, 2.05) is 0 Å². The second-order valence-electron chi connectivity index (χ2n) is 5.42. The summed E-state index contributed by atoms with van der Waals surface area (Å²) in [5.74, 6) is -0.261. The standard InChI is InChI=1S/C17H12N2O4S/c20-16-10-5-1-2-6-11(10)19-17(21)15(16)13-9-24(22,23)14-8-4-3-7-12(14)18-13/h1-9,18H,(H2,19,20,21). The fourth-order valence-corrected chi connectivity index (χ4v) is 4.12. The Balaban J connectivity index is 2.00. The molecule has 3 aromatic rings. The molecule has 6 nitrogen and oxygen atoms in total. The molecule has 4 rings (SSSR count). The molecule has 1 aliphatic heterocycles. The van der Waals surface area contributed by atoms with E-state index in [4.69, 9.17) is 0 Å². The fraction of sp³-hybridized carbons (Fsp3) is 0. The minimum atomic E-state index is -3.71. The number of rotatable bonds is 1. The van der Waals surface area contributed by atoms with Gasteiger partial charge in [0.05, 0.1) is 27.2 Å². The molecule has 0 bridgehead atoms. The van der Waals surface area contributed by atoms with Crippen LogP contribution >= 0.6 is 0 Å². The van der Waals surface area contributed by atoms with Gasteiger partial charge in [0.2, 0.25) is 9.84 Å². The number of benzene rings is 2. The number of aromatic amines is 1. The van der Waals surface area contributed by atoms with Gasteiger partial charge in [-0.15, -0.1) is 0 Å². The van der Waals surface area contributed by atoms with Gasteiger partial charge in [-0.25, -0.2) is 8.42 Å². The first-order valence-corrected chi connectivity index (χ1v) is 8.69. The van der Waals surface area contributed by atoms with Crippen LogP contribution in [0.25, 0.3) is 16.6 Å². The molecule has 3 N–H and O–H groups in total. The zero-order valence-corrected chi connectivity index (χ0v) is 13.1. The van der Waals surface area contributed by atoms with E-state index in [0.29, 0.717) is 16.6 Å². The van der Waals surface area contributed by atoms with Crippen molar-refractivity contribution < 1.29 is 13.5 Å². The van der Waals surface area contributed by atoms with Crippen LogP contribution in [-0.2, 0) is 9.84 Å². The highest BCUT2D eigenvalue weighted by Gasteiger charge is 2.26. The van der Waals surface area contributed by atoms with Gasteiger partial charge in [0.1, 0.15) is 11.3 Å². The van der Waals surface area contributed by atoms with E-state index in [1.165, 1.54) is 6.07 Å². The van der Waals surface area contributed by atoms with E-state index in [9.17, 15) is 18.3 Å². The molecule has 120 valence electrons. The van der Waals surface area contributed by atoms with Gasteiger partial charge in [-0.2, -0.15) is 0 Å². The van der Waals surface area contributed by atoms with Crippen LogP contribution < -0.4 is 10.9 Å². The number of aromatic nitrogens is 1. The van der Waals surface area contributed by atoms with Gasteiger partial charge in [-0.1, -0.05) is 24.3 Å². The molecule has 2 aromatic carbocycles. The van der Waals surface area contributed by atoms with Crippen molar-refractivity contribution in [1.29, 1.82) is 0 Å². The zero-order valence-electron chi connectivity index (χ0n) is 12.3. The molecule has 7 heteroatoms. The Morgan fingerprint density at radius 2 is 1.67 bits per heavy atom.